The van der Waals surface area contributed by atoms with Crippen molar-refractivity contribution in [3.8, 4) is 23.5 Å². The van der Waals surface area contributed by atoms with Gasteiger partial charge in [0.15, 0.2) is 6.29 Å². The summed E-state index contributed by atoms with van der Waals surface area (Å²) in [5.74, 6) is 1.96. The molecule has 15 nitrogen and oxygen atoms in total. The predicted octanol–water partition coefficient (Wildman–Crippen LogP) is 5.87. The zero-order valence-corrected chi connectivity index (χ0v) is 28.9. The molecule has 0 aliphatic rings. The number of methoxy groups -OCH3 is 4. The van der Waals surface area contributed by atoms with Crippen molar-refractivity contribution in [1.82, 2.24) is 29.9 Å². The number of carbonyl (C=O) groups is 1. The summed E-state index contributed by atoms with van der Waals surface area (Å²) in [6, 6.07) is 16.5. The molecule has 4 aromatic heterocycles. The molecule has 0 spiro atoms. The minimum Gasteiger partial charge on any atom is -0.481 e. The Labute approximate surface area is 302 Å². The minimum atomic E-state index is -0.380. The van der Waals surface area contributed by atoms with Crippen LogP contribution in [0.4, 0.5) is 11.9 Å². The molecule has 0 saturated carbocycles. The molecule has 1 atom stereocenters. The zero-order chi connectivity index (χ0) is 36.4. The number of rotatable bonds is 8. The van der Waals surface area contributed by atoms with Gasteiger partial charge in [-0.3, -0.25) is 14.4 Å². The average Bonchev–Trinajstić information content (AvgIpc) is 3.11. The number of hydrogen-bond acceptors (Lipinski definition) is 13. The Morgan fingerprint density at radius 1 is 0.706 bits per heavy atom. The quantitative estimate of drug-likeness (QED) is 0.135. The van der Waals surface area contributed by atoms with Crippen LogP contribution < -0.4 is 41.1 Å². The Kier molecular flexibility index (Phi) is 14.1. The van der Waals surface area contributed by atoms with E-state index in [1.807, 2.05) is 6.92 Å². The van der Waals surface area contributed by atoms with Crippen molar-refractivity contribution in [3.63, 3.8) is 0 Å². The van der Waals surface area contributed by atoms with Crippen LogP contribution in [0.5, 0.6) is 23.5 Å². The second kappa shape index (κ2) is 18.2. The average molecular weight is 740 g/mol. The van der Waals surface area contributed by atoms with Gasteiger partial charge >= 0.3 is 0 Å². The van der Waals surface area contributed by atoms with E-state index in [1.54, 1.807) is 54.6 Å². The van der Waals surface area contributed by atoms with Gasteiger partial charge in [-0.05, 0) is 55.5 Å². The maximum absolute atomic E-state index is 12.4. The van der Waals surface area contributed by atoms with E-state index in [9.17, 15) is 14.4 Å². The number of nitrogens with two attached hydrogens (primary N) is 1. The molecule has 51 heavy (non-hydrogen) atoms. The summed E-state index contributed by atoms with van der Waals surface area (Å²) < 4.78 is 19.9. The van der Waals surface area contributed by atoms with Crippen LogP contribution in [0.15, 0.2) is 70.3 Å². The number of nitrogens with one attached hydrogen (secondary N) is 3. The van der Waals surface area contributed by atoms with Gasteiger partial charge < -0.3 is 40.0 Å². The molecular weight excluding hydrogens is 703 g/mol. The number of halogens is 2. The molecule has 5 N–H and O–H groups in total. The van der Waals surface area contributed by atoms with E-state index >= 15 is 0 Å². The molecule has 0 aliphatic heterocycles. The molecule has 6 rings (SSSR count). The lowest BCUT2D eigenvalue weighted by molar-refractivity contribution is 0.112. The third kappa shape index (κ3) is 10.5. The highest BCUT2D eigenvalue weighted by molar-refractivity contribution is 6.31. The lowest BCUT2D eigenvalue weighted by Gasteiger charge is -2.15. The second-order valence-corrected chi connectivity index (χ2v) is 11.0. The first kappa shape index (κ1) is 39.5. The van der Waals surface area contributed by atoms with Crippen molar-refractivity contribution < 1.29 is 23.7 Å². The van der Waals surface area contributed by atoms with Crippen molar-refractivity contribution in [2.24, 2.45) is 0 Å². The lowest BCUT2D eigenvalue weighted by atomic mass is 10.1. The maximum atomic E-state index is 12.4. The van der Waals surface area contributed by atoms with Crippen molar-refractivity contribution >= 4 is 63.2 Å². The summed E-state index contributed by atoms with van der Waals surface area (Å²) in [6.45, 7) is 1.84. The van der Waals surface area contributed by atoms with Gasteiger partial charge in [0.1, 0.15) is 0 Å². The molecule has 0 saturated heterocycles. The summed E-state index contributed by atoms with van der Waals surface area (Å²) in [4.78, 5) is 55.5. The fraction of sp³-hybridized carbons (Fsp3) is 0.206. The first-order valence-electron chi connectivity index (χ1n) is 14.5. The third-order valence-corrected chi connectivity index (χ3v) is 7.29. The van der Waals surface area contributed by atoms with E-state index in [0.29, 0.717) is 56.9 Å². The molecule has 0 aliphatic carbocycles. The summed E-state index contributed by atoms with van der Waals surface area (Å²) in [5, 5.41) is 5.86. The van der Waals surface area contributed by atoms with E-state index in [-0.39, 0.29) is 36.1 Å². The van der Waals surface area contributed by atoms with E-state index < -0.39 is 0 Å². The Morgan fingerprint density at radius 3 is 1.63 bits per heavy atom. The maximum Gasteiger partial charge on any atom is 0.259 e. The molecule has 0 amide bonds. The number of pyridine rings is 2. The Bertz CT molecular complexity index is 2200. The SMILES string of the molecule is C.COc1cc(OC)nc(N)n1.COc1cc(OC)nc(N[C@@H](C)c2cc3cc(Cl)ccc3[nH]c2=O)n1.O=Cc1cc2cc(Cl)ccc2[nH]c1=O. The van der Waals surface area contributed by atoms with E-state index in [1.165, 1.54) is 34.5 Å². The lowest BCUT2D eigenvalue weighted by Crippen LogP contribution is -2.20. The second-order valence-electron chi connectivity index (χ2n) is 10.1. The van der Waals surface area contributed by atoms with Gasteiger partial charge in [-0.25, -0.2) is 0 Å². The number of hydrogen-bond donors (Lipinski definition) is 4. The number of H-pyrrole nitrogens is 2. The zero-order valence-electron chi connectivity index (χ0n) is 27.4. The highest BCUT2D eigenvalue weighted by atomic mass is 35.5. The van der Waals surface area contributed by atoms with Gasteiger partial charge in [0.25, 0.3) is 11.1 Å². The van der Waals surface area contributed by atoms with Crippen LogP contribution in [0, 0.1) is 0 Å². The van der Waals surface area contributed by atoms with Crippen molar-refractivity contribution in [2.75, 3.05) is 39.5 Å². The van der Waals surface area contributed by atoms with Crippen LogP contribution in [0.1, 0.15) is 36.3 Å². The fourth-order valence-corrected chi connectivity index (χ4v) is 4.74. The number of aromatic amines is 2. The summed E-state index contributed by atoms with van der Waals surface area (Å²) in [6.07, 6.45) is 0.527. The summed E-state index contributed by atoms with van der Waals surface area (Å²) in [5.41, 5.74) is 6.81. The van der Waals surface area contributed by atoms with Crippen LogP contribution in [0.25, 0.3) is 21.8 Å². The predicted molar refractivity (Wildman–Crippen MR) is 198 cm³/mol. The Hall–Kier alpha value is -5.93. The summed E-state index contributed by atoms with van der Waals surface area (Å²) in [7, 11) is 6.02. The fourth-order valence-electron chi connectivity index (χ4n) is 4.38. The molecule has 0 radical (unpaired) electrons. The molecule has 0 unspecified atom stereocenters. The molecular formula is C34H36Cl2N8O7. The van der Waals surface area contributed by atoms with Gasteiger partial charge in [0.2, 0.25) is 35.4 Å². The van der Waals surface area contributed by atoms with Gasteiger partial charge in [-0.2, -0.15) is 19.9 Å². The van der Waals surface area contributed by atoms with Gasteiger partial charge in [0, 0.05) is 37.4 Å². The molecule has 6 aromatic rings. The smallest absolute Gasteiger partial charge is 0.259 e. The standard InChI is InChI=1S/C17H17ClN4O3.C10H6ClNO2.C6H9N3O2.CH4/c1-9(19-17-21-14(24-2)8-15(22-17)25-3)12-7-10-6-11(18)4-5-13(10)20-16(12)23;11-8-1-2-9-6(4-8)3-7(5-13)10(14)12-9;1-10-4-3-5(11-2)9-6(7)8-4;/h4-9H,1-3H3,(H,20,23)(H,19,21,22);1-5H,(H,12,14);3H,1-2H3,(H2,7,8,9);1H4/t9-;;;/m0.../s1. The van der Waals surface area contributed by atoms with Crippen LogP contribution in [0.3, 0.4) is 0 Å². The molecule has 17 heteroatoms. The monoisotopic (exact) mass is 738 g/mol. The van der Waals surface area contributed by atoms with Crippen LogP contribution in [-0.4, -0.2) is 64.6 Å². The van der Waals surface area contributed by atoms with Crippen LogP contribution in [-0.2, 0) is 0 Å². The number of nitrogen functional groups attached to an aromatic ring is 1. The van der Waals surface area contributed by atoms with E-state index in [4.69, 9.17) is 47.9 Å². The van der Waals surface area contributed by atoms with Crippen molar-refractivity contribution in [3.05, 3.63) is 103 Å². The molecule has 4 heterocycles. The van der Waals surface area contributed by atoms with Gasteiger partial charge in [0.05, 0.1) is 52.2 Å². The number of benzene rings is 2. The highest BCUT2D eigenvalue weighted by Crippen LogP contribution is 2.23. The van der Waals surface area contributed by atoms with E-state index in [0.717, 1.165) is 16.3 Å². The number of nitrogens with zero attached hydrogens (tertiary/aromatic N) is 4. The Morgan fingerprint density at radius 2 is 1.16 bits per heavy atom. The third-order valence-electron chi connectivity index (χ3n) is 6.82. The number of anilines is 2. The number of fused-ring (bicyclic) bond motifs is 2. The van der Waals surface area contributed by atoms with Crippen LogP contribution >= 0.6 is 23.2 Å². The highest BCUT2D eigenvalue weighted by Gasteiger charge is 2.14. The number of aldehydes is 1. The topological polar surface area (TPSA) is 209 Å². The van der Waals surface area contributed by atoms with E-state index in [2.05, 4.69) is 35.2 Å². The number of carbonyl (C=O) groups excluding carboxylic acids is 1. The Balaban J connectivity index is 0.000000228. The first-order chi connectivity index (χ1) is 24.0. The van der Waals surface area contributed by atoms with Crippen LogP contribution in [0.2, 0.25) is 10.0 Å². The van der Waals surface area contributed by atoms with Gasteiger partial charge in [-0.1, -0.05) is 30.6 Å². The first-order valence-corrected chi connectivity index (χ1v) is 15.3. The van der Waals surface area contributed by atoms with Gasteiger partial charge in [-0.15, -0.1) is 0 Å². The largest absolute Gasteiger partial charge is 0.481 e. The molecule has 0 bridgehead atoms. The number of aromatic nitrogens is 6. The molecule has 2 aromatic carbocycles. The summed E-state index contributed by atoms with van der Waals surface area (Å²) >= 11 is 11.8. The van der Waals surface area contributed by atoms with Crippen molar-refractivity contribution in [1.29, 1.82) is 0 Å². The normalized spacial score (nSPS) is 10.7. The van der Waals surface area contributed by atoms with Crippen molar-refractivity contribution in [2.45, 2.75) is 20.4 Å². The number of ether oxygens (including phenoxy) is 4. The molecule has 268 valence electrons. The molecule has 0 fully saturated rings. The minimum absolute atomic E-state index is 0.